The number of hydrogen-bond acceptors (Lipinski definition) is 1. The van der Waals surface area contributed by atoms with Crippen LogP contribution in [0, 0.1) is 12.7 Å². The molecule has 0 atom stereocenters. The van der Waals surface area contributed by atoms with Crippen LogP contribution in [-0.2, 0) is 0 Å². The van der Waals surface area contributed by atoms with E-state index in [2.05, 4.69) is 5.73 Å². The molecule has 0 heterocycles. The van der Waals surface area contributed by atoms with Crippen LogP contribution in [0.5, 0.6) is 0 Å². The van der Waals surface area contributed by atoms with Crippen molar-refractivity contribution in [1.29, 1.82) is 0 Å². The maximum Gasteiger partial charge on any atom is 0.402 e. The van der Waals surface area contributed by atoms with E-state index in [4.69, 9.17) is 21.5 Å². The highest BCUT2D eigenvalue weighted by Gasteiger charge is 1.94. The fraction of sp³-hybridized carbons (Fsp3) is 0.125. The molecule has 0 aliphatic heterocycles. The summed E-state index contributed by atoms with van der Waals surface area (Å²) in [5.74, 6) is -0.286. The highest BCUT2D eigenvalue weighted by atomic mass is 35.5. The second-order valence-electron chi connectivity index (χ2n) is 2.23. The molecule has 3 nitrogen and oxygen atoms in total. The van der Waals surface area contributed by atoms with E-state index in [-0.39, 0.29) is 5.82 Å². The smallest absolute Gasteiger partial charge is 0.402 e. The lowest BCUT2D eigenvalue weighted by molar-refractivity contribution is 0.205. The highest BCUT2D eigenvalue weighted by Crippen LogP contribution is 2.14. The molecule has 3 N–H and O–H groups in total. The van der Waals surface area contributed by atoms with Crippen molar-refractivity contribution in [2.75, 3.05) is 0 Å². The minimum atomic E-state index is -1.33. The van der Waals surface area contributed by atoms with E-state index in [1.165, 1.54) is 12.1 Å². The van der Waals surface area contributed by atoms with Crippen molar-refractivity contribution in [2.45, 2.75) is 6.92 Å². The zero-order valence-corrected chi connectivity index (χ0v) is 7.68. The predicted molar refractivity (Wildman–Crippen MR) is 48.4 cm³/mol. The standard InChI is InChI=1S/C7H6ClF.CH3NO2/c1-5-2-3-6(9)4-7(5)8;2-1(3)4/h2-4H,1H3;2H2,(H,3,4). The average Bonchev–Trinajstić information content (AvgIpc) is 1.96. The number of primary amides is 1. The lowest BCUT2D eigenvalue weighted by Crippen LogP contribution is -2.03. The molecule has 72 valence electrons. The second kappa shape index (κ2) is 5.37. The monoisotopic (exact) mass is 205 g/mol. The van der Waals surface area contributed by atoms with Crippen LogP contribution in [0.15, 0.2) is 18.2 Å². The van der Waals surface area contributed by atoms with Gasteiger partial charge in [-0.25, -0.2) is 9.18 Å². The zero-order valence-electron chi connectivity index (χ0n) is 6.92. The molecule has 1 amide bonds. The van der Waals surface area contributed by atoms with E-state index < -0.39 is 6.09 Å². The van der Waals surface area contributed by atoms with Crippen LogP contribution in [0.3, 0.4) is 0 Å². The van der Waals surface area contributed by atoms with E-state index in [1.807, 2.05) is 6.92 Å². The van der Waals surface area contributed by atoms with E-state index >= 15 is 0 Å². The molecular formula is C8H9ClFNO2. The summed E-state index contributed by atoms with van der Waals surface area (Å²) < 4.78 is 12.3. The summed E-state index contributed by atoms with van der Waals surface area (Å²) in [4.78, 5) is 8.78. The summed E-state index contributed by atoms with van der Waals surface area (Å²) in [5.41, 5.74) is 4.93. The van der Waals surface area contributed by atoms with Crippen LogP contribution >= 0.6 is 11.6 Å². The fourth-order valence-corrected chi connectivity index (χ4v) is 0.734. The zero-order chi connectivity index (χ0) is 10.4. The van der Waals surface area contributed by atoms with Crippen molar-refractivity contribution in [3.8, 4) is 0 Å². The number of amides is 1. The molecule has 0 aromatic heterocycles. The molecule has 0 saturated heterocycles. The molecule has 0 spiro atoms. The van der Waals surface area contributed by atoms with E-state index in [9.17, 15) is 4.39 Å². The average molecular weight is 206 g/mol. The van der Waals surface area contributed by atoms with E-state index in [0.29, 0.717) is 5.02 Å². The topological polar surface area (TPSA) is 63.3 Å². The summed E-state index contributed by atoms with van der Waals surface area (Å²) >= 11 is 5.57. The third-order valence-electron chi connectivity index (χ3n) is 1.13. The number of hydrogen-bond donors (Lipinski definition) is 2. The first-order valence-electron chi connectivity index (χ1n) is 3.33. The molecule has 0 radical (unpaired) electrons. The Hall–Kier alpha value is -1.29. The second-order valence-corrected chi connectivity index (χ2v) is 2.64. The van der Waals surface area contributed by atoms with Crippen molar-refractivity contribution < 1.29 is 14.3 Å². The van der Waals surface area contributed by atoms with Crippen LogP contribution < -0.4 is 5.73 Å². The van der Waals surface area contributed by atoms with Gasteiger partial charge in [-0.3, -0.25) is 0 Å². The number of halogens is 2. The molecule has 1 aromatic carbocycles. The SMILES string of the molecule is Cc1ccc(F)cc1Cl.NC(=O)O. The first-order chi connectivity index (χ1) is 5.93. The van der Waals surface area contributed by atoms with Gasteiger partial charge in [0.25, 0.3) is 0 Å². The fourth-order valence-electron chi connectivity index (χ4n) is 0.567. The molecule has 0 fully saturated rings. The van der Waals surface area contributed by atoms with Crippen LogP contribution in [0.2, 0.25) is 5.02 Å². The highest BCUT2D eigenvalue weighted by molar-refractivity contribution is 6.31. The van der Waals surface area contributed by atoms with Gasteiger partial charge in [-0.1, -0.05) is 17.7 Å². The normalized spacial score (nSPS) is 8.54. The maximum atomic E-state index is 12.3. The molecule has 13 heavy (non-hydrogen) atoms. The lowest BCUT2D eigenvalue weighted by atomic mass is 10.2. The maximum absolute atomic E-state index is 12.3. The molecule has 0 aliphatic rings. The van der Waals surface area contributed by atoms with Gasteiger partial charge in [0.05, 0.1) is 0 Å². The van der Waals surface area contributed by atoms with Crippen molar-refractivity contribution in [3.05, 3.63) is 34.6 Å². The third kappa shape index (κ3) is 5.93. The summed E-state index contributed by atoms with van der Waals surface area (Å²) in [7, 11) is 0. The molecule has 1 aromatic rings. The number of rotatable bonds is 0. The largest absolute Gasteiger partial charge is 0.465 e. The van der Waals surface area contributed by atoms with Gasteiger partial charge in [-0.2, -0.15) is 0 Å². The Bertz CT molecular complexity index is 300. The molecule has 5 heteroatoms. The number of nitrogens with two attached hydrogens (primary N) is 1. The Morgan fingerprint density at radius 2 is 2.08 bits per heavy atom. The predicted octanol–water partition coefficient (Wildman–Crippen LogP) is 2.41. The Balaban J connectivity index is 0.000000310. The number of aryl methyl sites for hydroxylation is 1. The van der Waals surface area contributed by atoms with Gasteiger partial charge in [0.1, 0.15) is 5.82 Å². The summed E-state index contributed by atoms with van der Waals surface area (Å²) in [5, 5.41) is 7.68. The van der Waals surface area contributed by atoms with Gasteiger partial charge in [-0.15, -0.1) is 0 Å². The van der Waals surface area contributed by atoms with Gasteiger partial charge in [0.2, 0.25) is 0 Å². The van der Waals surface area contributed by atoms with Crippen LogP contribution in [0.1, 0.15) is 5.56 Å². The summed E-state index contributed by atoms with van der Waals surface area (Å²) in [6.45, 7) is 1.84. The molecule has 0 aliphatic carbocycles. The summed E-state index contributed by atoms with van der Waals surface area (Å²) in [6.07, 6.45) is -1.33. The summed E-state index contributed by atoms with van der Waals surface area (Å²) in [6, 6.07) is 4.34. The minimum absolute atomic E-state index is 0.286. The number of benzene rings is 1. The van der Waals surface area contributed by atoms with Gasteiger partial charge in [0.15, 0.2) is 0 Å². The van der Waals surface area contributed by atoms with Gasteiger partial charge < -0.3 is 10.8 Å². The van der Waals surface area contributed by atoms with E-state index in [1.54, 1.807) is 6.07 Å². The van der Waals surface area contributed by atoms with E-state index in [0.717, 1.165) is 5.56 Å². The van der Waals surface area contributed by atoms with Crippen molar-refractivity contribution in [1.82, 2.24) is 0 Å². The Morgan fingerprint density at radius 1 is 1.62 bits per heavy atom. The van der Waals surface area contributed by atoms with Gasteiger partial charge in [-0.05, 0) is 24.6 Å². The molecule has 0 unspecified atom stereocenters. The van der Waals surface area contributed by atoms with Crippen molar-refractivity contribution >= 4 is 17.7 Å². The van der Waals surface area contributed by atoms with Crippen LogP contribution in [-0.4, -0.2) is 11.2 Å². The Kier molecular flexibility index (Phi) is 4.84. The van der Waals surface area contributed by atoms with Gasteiger partial charge in [0, 0.05) is 5.02 Å². The number of carboxylic acid groups (broad SMARTS) is 1. The number of carbonyl (C=O) groups is 1. The molecule has 0 bridgehead atoms. The minimum Gasteiger partial charge on any atom is -0.465 e. The Labute approximate surface area is 79.9 Å². The van der Waals surface area contributed by atoms with Crippen LogP contribution in [0.25, 0.3) is 0 Å². The van der Waals surface area contributed by atoms with Crippen molar-refractivity contribution in [2.24, 2.45) is 5.73 Å². The molecule has 0 saturated carbocycles. The molecule has 1 rings (SSSR count). The third-order valence-corrected chi connectivity index (χ3v) is 1.54. The lowest BCUT2D eigenvalue weighted by Gasteiger charge is -1.93. The first kappa shape index (κ1) is 11.7. The van der Waals surface area contributed by atoms with Crippen molar-refractivity contribution in [3.63, 3.8) is 0 Å². The quantitative estimate of drug-likeness (QED) is 0.683. The molecular weight excluding hydrogens is 197 g/mol. The first-order valence-corrected chi connectivity index (χ1v) is 3.71. The van der Waals surface area contributed by atoms with Crippen LogP contribution in [0.4, 0.5) is 9.18 Å². The Morgan fingerprint density at radius 3 is 2.38 bits per heavy atom. The van der Waals surface area contributed by atoms with Gasteiger partial charge >= 0.3 is 6.09 Å².